The number of anilines is 1. The maximum absolute atomic E-state index is 15.5. The summed E-state index contributed by atoms with van der Waals surface area (Å²) in [5.41, 5.74) is 0.635. The van der Waals surface area contributed by atoms with Crippen LogP contribution in [0.1, 0.15) is 0 Å². The Morgan fingerprint density at radius 3 is 2.00 bits per heavy atom. The molecular weight excluding hydrogens is 289 g/mol. The number of halogens is 1. The van der Waals surface area contributed by atoms with Crippen molar-refractivity contribution in [2.24, 2.45) is 0 Å². The summed E-state index contributed by atoms with van der Waals surface area (Å²) in [5, 5.41) is 1.97. The molecule has 2 aromatic carbocycles. The SMILES string of the molecule is C=CC[Si](CC=C)(CC=C)N(F)c1cccc2ccccc12. The molecule has 22 heavy (non-hydrogen) atoms. The van der Waals surface area contributed by atoms with Crippen molar-refractivity contribution in [1.29, 1.82) is 0 Å². The zero-order valence-electron chi connectivity index (χ0n) is 12.8. The molecular formula is C19H22FNSi. The number of rotatable bonds is 8. The Morgan fingerprint density at radius 2 is 1.41 bits per heavy atom. The number of nitrogens with zero attached hydrogens (tertiary/aromatic N) is 1. The number of benzene rings is 2. The van der Waals surface area contributed by atoms with Gasteiger partial charge in [-0.15, -0.1) is 24.2 Å². The Kier molecular flexibility index (Phi) is 5.34. The third kappa shape index (κ3) is 3.04. The van der Waals surface area contributed by atoms with Crippen LogP contribution in [0, 0.1) is 0 Å². The number of hydrogen-bond acceptors (Lipinski definition) is 1. The van der Waals surface area contributed by atoms with Crippen molar-refractivity contribution in [3.8, 4) is 0 Å². The lowest BCUT2D eigenvalue weighted by molar-refractivity contribution is 0.519. The highest BCUT2D eigenvalue weighted by molar-refractivity contribution is 6.84. The first-order chi connectivity index (χ1) is 10.7. The van der Waals surface area contributed by atoms with Gasteiger partial charge < -0.3 is 0 Å². The number of allylic oxidation sites excluding steroid dienone is 3. The second-order valence-corrected chi connectivity index (χ2v) is 9.55. The summed E-state index contributed by atoms with van der Waals surface area (Å²) in [6.45, 7) is 11.5. The molecule has 0 aliphatic carbocycles. The second kappa shape index (κ2) is 7.23. The van der Waals surface area contributed by atoms with Crippen LogP contribution in [0.5, 0.6) is 0 Å². The third-order valence-corrected chi connectivity index (χ3v) is 8.19. The summed E-state index contributed by atoms with van der Waals surface area (Å²) in [5.74, 6) is 0. The Morgan fingerprint density at radius 1 is 0.864 bits per heavy atom. The Labute approximate surface area is 133 Å². The molecule has 2 aromatic rings. The van der Waals surface area contributed by atoms with Crippen LogP contribution in [0.25, 0.3) is 10.8 Å². The van der Waals surface area contributed by atoms with E-state index in [1.165, 1.54) is 0 Å². The van der Waals surface area contributed by atoms with Gasteiger partial charge >= 0.3 is 0 Å². The van der Waals surface area contributed by atoms with Crippen LogP contribution in [0.4, 0.5) is 10.2 Å². The number of hydrogen-bond donors (Lipinski definition) is 0. The van der Waals surface area contributed by atoms with E-state index in [0.29, 0.717) is 23.8 Å². The van der Waals surface area contributed by atoms with E-state index in [1.807, 2.05) is 60.7 Å². The zero-order valence-corrected chi connectivity index (χ0v) is 13.8. The number of fused-ring (bicyclic) bond motifs is 1. The van der Waals surface area contributed by atoms with Gasteiger partial charge in [0.2, 0.25) is 8.24 Å². The second-order valence-electron chi connectivity index (χ2n) is 5.48. The van der Waals surface area contributed by atoms with Crippen LogP contribution >= 0.6 is 0 Å². The van der Waals surface area contributed by atoms with Gasteiger partial charge in [-0.05, 0) is 29.6 Å². The van der Waals surface area contributed by atoms with E-state index in [9.17, 15) is 0 Å². The summed E-state index contributed by atoms with van der Waals surface area (Å²) in [6.07, 6.45) is 5.45. The summed E-state index contributed by atoms with van der Waals surface area (Å²) >= 11 is 0. The van der Waals surface area contributed by atoms with Crippen molar-refractivity contribution in [1.82, 2.24) is 0 Å². The van der Waals surface area contributed by atoms with Crippen molar-refractivity contribution in [3.63, 3.8) is 0 Å². The fraction of sp³-hybridized carbons (Fsp3) is 0.158. The molecule has 0 aromatic heterocycles. The highest BCUT2D eigenvalue weighted by atomic mass is 28.3. The molecule has 0 aliphatic heterocycles. The molecule has 0 radical (unpaired) electrons. The molecule has 0 aliphatic rings. The molecule has 0 saturated heterocycles. The van der Waals surface area contributed by atoms with Crippen LogP contribution < -0.4 is 4.79 Å². The monoisotopic (exact) mass is 311 g/mol. The van der Waals surface area contributed by atoms with Crippen molar-refractivity contribution in [3.05, 3.63) is 80.4 Å². The molecule has 0 heterocycles. The first-order valence-corrected chi connectivity index (χ1v) is 10.0. The lowest BCUT2D eigenvalue weighted by Gasteiger charge is -2.36. The van der Waals surface area contributed by atoms with Crippen molar-refractivity contribution in [2.75, 3.05) is 4.79 Å². The van der Waals surface area contributed by atoms with Crippen molar-refractivity contribution in [2.45, 2.75) is 18.1 Å². The van der Waals surface area contributed by atoms with Gasteiger partial charge in [0.25, 0.3) is 0 Å². The predicted molar refractivity (Wildman–Crippen MR) is 98.3 cm³/mol. The van der Waals surface area contributed by atoms with Crippen LogP contribution in [0.3, 0.4) is 0 Å². The van der Waals surface area contributed by atoms with Crippen LogP contribution in [0.2, 0.25) is 18.1 Å². The van der Waals surface area contributed by atoms with Crippen LogP contribution in [0.15, 0.2) is 80.4 Å². The highest BCUT2D eigenvalue weighted by Gasteiger charge is 2.38. The molecule has 0 spiro atoms. The van der Waals surface area contributed by atoms with Crippen molar-refractivity contribution < 1.29 is 4.48 Å². The smallest absolute Gasteiger partial charge is 0.209 e. The lowest BCUT2D eigenvalue weighted by Crippen LogP contribution is -2.48. The maximum atomic E-state index is 15.5. The van der Waals surface area contributed by atoms with Gasteiger partial charge in [0.15, 0.2) is 0 Å². The fourth-order valence-corrected chi connectivity index (χ4v) is 6.23. The molecule has 0 atom stereocenters. The highest BCUT2D eigenvalue weighted by Crippen LogP contribution is 2.36. The third-order valence-electron chi connectivity index (χ3n) is 3.97. The van der Waals surface area contributed by atoms with Gasteiger partial charge in [0, 0.05) is 5.39 Å². The first-order valence-electron chi connectivity index (χ1n) is 7.45. The van der Waals surface area contributed by atoms with Gasteiger partial charge in [-0.1, -0.05) is 54.6 Å². The van der Waals surface area contributed by atoms with Gasteiger partial charge in [0.1, 0.15) is 0 Å². The summed E-state index contributed by atoms with van der Waals surface area (Å²) in [6, 6.07) is 15.6. The minimum absolute atomic E-state index is 0.635. The predicted octanol–water partition coefficient (Wildman–Crippen LogP) is 6.03. The normalized spacial score (nSPS) is 11.1. The molecule has 0 amide bonds. The van der Waals surface area contributed by atoms with E-state index in [4.69, 9.17) is 0 Å². The molecule has 0 saturated carbocycles. The Hall–Kier alpha value is -2.13. The average Bonchev–Trinajstić information content (AvgIpc) is 2.54. The van der Waals surface area contributed by atoms with E-state index in [0.717, 1.165) is 15.6 Å². The molecule has 1 nitrogen and oxygen atoms in total. The van der Waals surface area contributed by atoms with Gasteiger partial charge in [0.05, 0.1) is 5.69 Å². The average molecular weight is 311 g/mol. The maximum Gasteiger partial charge on any atom is 0.209 e. The zero-order chi connectivity index (χ0) is 16.0. The Bertz CT molecular complexity index is 648. The van der Waals surface area contributed by atoms with Crippen LogP contribution in [-0.4, -0.2) is 8.24 Å². The van der Waals surface area contributed by atoms with Crippen molar-refractivity contribution >= 4 is 24.7 Å². The van der Waals surface area contributed by atoms with E-state index >= 15 is 4.48 Å². The molecule has 2 rings (SSSR count). The van der Waals surface area contributed by atoms with E-state index in [2.05, 4.69) is 19.7 Å². The standard InChI is InChI=1S/C19H22FNSi/c1-4-14-22(15-5-2,16-6-3)21(20)19-13-9-11-17-10-7-8-12-18(17)19/h4-13H,1-3,14-16H2. The molecule has 0 N–H and O–H groups in total. The first kappa shape index (κ1) is 16.2. The molecule has 3 heteroatoms. The molecule has 0 unspecified atom stereocenters. The summed E-state index contributed by atoms with van der Waals surface area (Å²) < 4.78 is 15.5. The molecule has 114 valence electrons. The fourth-order valence-electron chi connectivity index (χ4n) is 2.93. The van der Waals surface area contributed by atoms with Gasteiger partial charge in [-0.3, -0.25) is 0 Å². The van der Waals surface area contributed by atoms with Gasteiger partial charge in [-0.2, -0.15) is 0 Å². The van der Waals surface area contributed by atoms with Crippen LogP contribution in [-0.2, 0) is 0 Å². The lowest BCUT2D eigenvalue weighted by atomic mass is 10.1. The molecule has 0 bridgehead atoms. The van der Waals surface area contributed by atoms with Gasteiger partial charge in [-0.25, -0.2) is 4.79 Å². The summed E-state index contributed by atoms with van der Waals surface area (Å²) in [4.78, 5) is 1.01. The minimum atomic E-state index is -2.44. The van der Waals surface area contributed by atoms with E-state index < -0.39 is 8.24 Å². The topological polar surface area (TPSA) is 3.24 Å². The summed E-state index contributed by atoms with van der Waals surface area (Å²) in [7, 11) is -2.44. The minimum Gasteiger partial charge on any atom is -0.242 e. The van der Waals surface area contributed by atoms with E-state index in [1.54, 1.807) is 0 Å². The van der Waals surface area contributed by atoms with E-state index in [-0.39, 0.29) is 0 Å². The Balaban J connectivity index is 2.56. The quantitative estimate of drug-likeness (QED) is 0.326. The largest absolute Gasteiger partial charge is 0.242 e. The molecule has 0 fully saturated rings.